The largest absolute Gasteiger partial charge is 0.330 e. The predicted molar refractivity (Wildman–Crippen MR) is 136 cm³/mol. The molecule has 0 spiro atoms. The number of para-hydroxylation sites is 2. The fraction of sp³-hybridized carbons (Fsp3) is 0.115. The van der Waals surface area contributed by atoms with Crippen LogP contribution >= 0.6 is 11.6 Å². The Morgan fingerprint density at radius 2 is 1.89 bits per heavy atom. The van der Waals surface area contributed by atoms with Gasteiger partial charge in [-0.2, -0.15) is 5.26 Å². The van der Waals surface area contributed by atoms with Crippen molar-refractivity contribution in [2.45, 2.75) is 10.8 Å². The van der Waals surface area contributed by atoms with Gasteiger partial charge in [0.2, 0.25) is 0 Å². The number of nitriles is 1. The standard InChI is InChI=1S/C26H21ClN4O3S/c1-3-15-31(20-13-11-19(27)12-14-20)35(33,34)21-8-6-7-18(16-21)25(32)22(17-28)26-29-23-9-4-5-10-24(23)30(26)2/h3-14,16,22H,1,15H2,2H3/t22-/m0/s1. The van der Waals surface area contributed by atoms with E-state index in [4.69, 9.17) is 11.6 Å². The van der Waals surface area contributed by atoms with Crippen molar-refractivity contribution in [3.63, 3.8) is 0 Å². The van der Waals surface area contributed by atoms with E-state index in [1.54, 1.807) is 41.9 Å². The average molecular weight is 505 g/mol. The molecule has 0 saturated carbocycles. The molecule has 0 saturated heterocycles. The van der Waals surface area contributed by atoms with Crippen LogP contribution in [0.25, 0.3) is 11.0 Å². The van der Waals surface area contributed by atoms with Crippen LogP contribution in [-0.2, 0) is 17.1 Å². The first-order valence-electron chi connectivity index (χ1n) is 10.6. The number of ketones is 1. The Morgan fingerprint density at radius 1 is 1.17 bits per heavy atom. The Bertz CT molecular complexity index is 1570. The molecule has 35 heavy (non-hydrogen) atoms. The molecule has 1 aromatic heterocycles. The molecule has 0 radical (unpaired) electrons. The van der Waals surface area contributed by atoms with Crippen LogP contribution < -0.4 is 4.31 Å². The van der Waals surface area contributed by atoms with Crippen LogP contribution in [0.2, 0.25) is 5.02 Å². The molecule has 1 atom stereocenters. The number of Topliss-reactive ketones (excluding diaryl/α,β-unsaturated/α-hetero) is 1. The minimum atomic E-state index is -4.05. The molecule has 1 heterocycles. The molecule has 4 aromatic rings. The van der Waals surface area contributed by atoms with Crippen molar-refractivity contribution in [2.75, 3.05) is 10.8 Å². The van der Waals surface area contributed by atoms with Crippen LogP contribution in [0.4, 0.5) is 5.69 Å². The molecule has 4 rings (SSSR count). The summed E-state index contributed by atoms with van der Waals surface area (Å²) in [6.07, 6.45) is 1.47. The Morgan fingerprint density at radius 3 is 2.54 bits per heavy atom. The normalized spacial score (nSPS) is 12.1. The number of fused-ring (bicyclic) bond motifs is 1. The highest BCUT2D eigenvalue weighted by Crippen LogP contribution is 2.28. The maximum Gasteiger partial charge on any atom is 0.264 e. The van der Waals surface area contributed by atoms with Gasteiger partial charge in [0, 0.05) is 17.6 Å². The van der Waals surface area contributed by atoms with Gasteiger partial charge >= 0.3 is 0 Å². The molecule has 9 heteroatoms. The molecule has 0 aliphatic rings. The van der Waals surface area contributed by atoms with Crippen molar-refractivity contribution in [3.05, 3.63) is 102 Å². The summed E-state index contributed by atoms with van der Waals surface area (Å²) in [6, 6.07) is 21.4. The summed E-state index contributed by atoms with van der Waals surface area (Å²) in [5, 5.41) is 10.3. The Hall–Kier alpha value is -3.93. The number of imidazole rings is 1. The number of carbonyl (C=O) groups excluding carboxylic acids is 1. The van der Waals surface area contributed by atoms with Crippen molar-refractivity contribution >= 4 is 44.1 Å². The molecule has 0 aliphatic heterocycles. The topological polar surface area (TPSA) is 96.1 Å². The van der Waals surface area contributed by atoms with E-state index in [9.17, 15) is 18.5 Å². The number of hydrogen-bond donors (Lipinski definition) is 0. The minimum Gasteiger partial charge on any atom is -0.330 e. The van der Waals surface area contributed by atoms with Gasteiger partial charge in [-0.25, -0.2) is 13.4 Å². The van der Waals surface area contributed by atoms with Gasteiger partial charge in [0.1, 0.15) is 5.82 Å². The molecule has 0 N–H and O–H groups in total. The Kier molecular flexibility index (Phi) is 6.74. The maximum atomic E-state index is 13.5. The van der Waals surface area contributed by atoms with Crippen molar-refractivity contribution in [3.8, 4) is 6.07 Å². The summed E-state index contributed by atoms with van der Waals surface area (Å²) in [7, 11) is -2.31. The lowest BCUT2D eigenvalue weighted by Gasteiger charge is -2.23. The molecule has 0 amide bonds. The van der Waals surface area contributed by atoms with Crippen LogP contribution in [0.15, 0.2) is 90.3 Å². The van der Waals surface area contributed by atoms with Crippen molar-refractivity contribution in [1.82, 2.24) is 9.55 Å². The molecule has 0 unspecified atom stereocenters. The second-order valence-corrected chi connectivity index (χ2v) is 10.1. The SMILES string of the molecule is C=CCN(c1ccc(Cl)cc1)S(=O)(=O)c1cccc(C(=O)[C@H](C#N)c2nc3ccccc3n2C)c1. The van der Waals surface area contributed by atoms with E-state index < -0.39 is 21.7 Å². The predicted octanol–water partition coefficient (Wildman–Crippen LogP) is 5.10. The lowest BCUT2D eigenvalue weighted by atomic mass is 9.98. The Labute approximate surface area is 208 Å². The van der Waals surface area contributed by atoms with Gasteiger partial charge in [0.15, 0.2) is 11.7 Å². The van der Waals surface area contributed by atoms with Crippen molar-refractivity contribution < 1.29 is 13.2 Å². The molecule has 0 aliphatic carbocycles. The van der Waals surface area contributed by atoms with Gasteiger partial charge in [-0.1, -0.05) is 41.9 Å². The number of rotatable bonds is 8. The third-order valence-corrected chi connectivity index (χ3v) is 7.63. The lowest BCUT2D eigenvalue weighted by Crippen LogP contribution is -2.31. The summed E-state index contributed by atoms with van der Waals surface area (Å²) >= 11 is 5.95. The number of benzene rings is 3. The zero-order chi connectivity index (χ0) is 25.2. The van der Waals surface area contributed by atoms with E-state index in [-0.39, 0.29) is 17.0 Å². The number of carbonyl (C=O) groups is 1. The van der Waals surface area contributed by atoms with E-state index in [0.29, 0.717) is 22.1 Å². The van der Waals surface area contributed by atoms with Gasteiger partial charge in [0.25, 0.3) is 10.0 Å². The number of halogens is 1. The number of nitrogens with zero attached hydrogens (tertiary/aromatic N) is 4. The summed E-state index contributed by atoms with van der Waals surface area (Å²) in [5.41, 5.74) is 1.95. The van der Waals surface area contributed by atoms with Crippen LogP contribution in [0.5, 0.6) is 0 Å². The third-order valence-electron chi connectivity index (χ3n) is 5.59. The van der Waals surface area contributed by atoms with Crippen LogP contribution in [0.1, 0.15) is 22.1 Å². The number of sulfonamides is 1. The fourth-order valence-corrected chi connectivity index (χ4v) is 5.43. The number of aryl methyl sites for hydroxylation is 1. The van der Waals surface area contributed by atoms with E-state index in [0.717, 1.165) is 5.52 Å². The summed E-state index contributed by atoms with van der Waals surface area (Å²) in [6.45, 7) is 3.68. The minimum absolute atomic E-state index is 0.0167. The van der Waals surface area contributed by atoms with E-state index in [2.05, 4.69) is 11.6 Å². The first-order chi connectivity index (χ1) is 16.8. The zero-order valence-corrected chi connectivity index (χ0v) is 20.4. The fourth-order valence-electron chi connectivity index (χ4n) is 3.83. The average Bonchev–Trinajstić information content (AvgIpc) is 3.20. The highest BCUT2D eigenvalue weighted by Gasteiger charge is 2.29. The van der Waals surface area contributed by atoms with Gasteiger partial charge in [-0.15, -0.1) is 6.58 Å². The van der Waals surface area contributed by atoms with Crippen LogP contribution in [-0.4, -0.2) is 30.3 Å². The zero-order valence-electron chi connectivity index (χ0n) is 18.8. The van der Waals surface area contributed by atoms with Gasteiger partial charge < -0.3 is 4.57 Å². The monoisotopic (exact) mass is 504 g/mol. The van der Waals surface area contributed by atoms with Gasteiger partial charge in [-0.3, -0.25) is 9.10 Å². The second kappa shape index (κ2) is 9.74. The highest BCUT2D eigenvalue weighted by molar-refractivity contribution is 7.92. The first-order valence-corrected chi connectivity index (χ1v) is 12.4. The lowest BCUT2D eigenvalue weighted by molar-refractivity contribution is 0.0975. The van der Waals surface area contributed by atoms with Crippen LogP contribution in [0, 0.1) is 11.3 Å². The van der Waals surface area contributed by atoms with Gasteiger partial charge in [0.05, 0.1) is 34.2 Å². The summed E-state index contributed by atoms with van der Waals surface area (Å²) in [5.74, 6) is -1.45. The molecule has 0 bridgehead atoms. The smallest absolute Gasteiger partial charge is 0.264 e. The van der Waals surface area contributed by atoms with E-state index >= 15 is 0 Å². The number of aromatic nitrogens is 2. The van der Waals surface area contributed by atoms with Crippen molar-refractivity contribution in [1.29, 1.82) is 5.26 Å². The van der Waals surface area contributed by atoms with Gasteiger partial charge in [-0.05, 0) is 48.5 Å². The van der Waals surface area contributed by atoms with Crippen molar-refractivity contribution in [2.24, 2.45) is 7.05 Å². The molecule has 3 aromatic carbocycles. The maximum absolute atomic E-state index is 13.5. The Balaban J connectivity index is 1.73. The molecule has 0 fully saturated rings. The van der Waals surface area contributed by atoms with E-state index in [1.165, 1.54) is 34.6 Å². The molecule has 176 valence electrons. The highest BCUT2D eigenvalue weighted by atomic mass is 35.5. The number of anilines is 1. The third kappa shape index (κ3) is 4.56. The summed E-state index contributed by atoms with van der Waals surface area (Å²) in [4.78, 5) is 17.8. The molecule has 7 nitrogen and oxygen atoms in total. The molecular weight excluding hydrogens is 484 g/mol. The van der Waals surface area contributed by atoms with Crippen LogP contribution in [0.3, 0.4) is 0 Å². The quantitative estimate of drug-likeness (QED) is 0.246. The second-order valence-electron chi connectivity index (χ2n) is 7.77. The number of hydrogen-bond acceptors (Lipinski definition) is 5. The summed E-state index contributed by atoms with van der Waals surface area (Å²) < 4.78 is 29.9. The first kappa shape index (κ1) is 24.2. The molecular formula is C26H21ClN4O3S. The van der Waals surface area contributed by atoms with E-state index in [1.807, 2.05) is 24.3 Å².